The summed E-state index contributed by atoms with van der Waals surface area (Å²) in [5, 5.41) is 12.0. The Bertz CT molecular complexity index is 3380. The number of hydrogen-bond acceptors (Lipinski definition) is 17. The second kappa shape index (κ2) is 27.8. The number of carbonyl (C=O) groups is 2. The Labute approximate surface area is 528 Å². The van der Waals surface area contributed by atoms with Gasteiger partial charge in [-0.1, -0.05) is 70.2 Å². The van der Waals surface area contributed by atoms with Crippen LogP contribution in [-0.4, -0.2) is 121 Å². The standard InChI is InChI=1S/C32H43ClN6O4S.C31H42ClN7O4S/c1-31(2)14-12-23(21-31)7-5-6-18-38(4)26-10-8-24(22-34-26)44(41,42)37-30(40)25-9-11-27(35-29(25)33)39-19-13-28(36-39)43-20-17-32(3)15-16-32;1-30(2)19-22(20-34-30)7-5-6-16-38(4)25-10-8-23(21-33-25)44(41,42)37-29(40)24-9-11-26(35-28(24)32)39-17-12-27(36-39)43-18-15-31(3)13-14-31/h8-11,13,19,22-23H,5-7,12,14-18,20-21H2,1-4H3,(H,37,40);8-12,17,21-22,34H,5-7,13-16,18-20H2,1-4H3,(H,37,40). The van der Waals surface area contributed by atoms with Gasteiger partial charge in [0.2, 0.25) is 11.8 Å². The Morgan fingerprint density at radius 2 is 1.07 bits per heavy atom. The Balaban J connectivity index is 0.000000209. The zero-order chi connectivity index (χ0) is 63.1. The molecule has 2 amide bonds. The molecule has 2 atom stereocenters. The van der Waals surface area contributed by atoms with Crippen LogP contribution in [-0.2, 0) is 20.0 Å². The monoisotopic (exact) mass is 1290 g/mol. The number of carbonyl (C=O) groups excluding carboxylic acids is 2. The maximum atomic E-state index is 13.0. The molecule has 25 heteroatoms. The number of anilines is 2. The SMILES string of the molecule is CN(CCCCC1CCC(C)(C)C1)c1ccc(S(=O)(=O)NC(=O)c2ccc(-n3ccc(OCCC4(C)CC4)n3)nc2Cl)cn1.CN(CCCCC1CNC(C)(C)C1)c1ccc(S(=O)(=O)NC(=O)c2ccc(-n3ccc(OCCC4(C)CC4)n3)nc2Cl)cn1. The fourth-order valence-electron chi connectivity index (χ4n) is 11.3. The van der Waals surface area contributed by atoms with E-state index in [0.717, 1.165) is 57.7 Å². The quantitative estimate of drug-likeness (QED) is 0.0305. The molecule has 4 aliphatic rings. The van der Waals surface area contributed by atoms with Crippen LogP contribution in [0.5, 0.6) is 11.8 Å². The van der Waals surface area contributed by atoms with Crippen molar-refractivity contribution in [2.45, 2.75) is 160 Å². The molecule has 10 rings (SSSR count). The van der Waals surface area contributed by atoms with E-state index in [1.54, 1.807) is 36.7 Å². The van der Waals surface area contributed by atoms with E-state index in [2.05, 4.69) is 86.4 Å². The van der Waals surface area contributed by atoms with Gasteiger partial charge in [-0.15, -0.1) is 10.2 Å². The predicted molar refractivity (Wildman–Crippen MR) is 341 cm³/mol. The summed E-state index contributed by atoms with van der Waals surface area (Å²) in [5.74, 6) is 2.75. The van der Waals surface area contributed by atoms with Gasteiger partial charge in [0.1, 0.15) is 31.7 Å². The molecule has 7 heterocycles. The van der Waals surface area contributed by atoms with E-state index in [1.165, 1.54) is 129 Å². The lowest BCUT2D eigenvalue weighted by atomic mass is 9.89. The van der Waals surface area contributed by atoms with Crippen molar-refractivity contribution in [2.24, 2.45) is 28.1 Å². The summed E-state index contributed by atoms with van der Waals surface area (Å²) >= 11 is 12.6. The van der Waals surface area contributed by atoms with Crippen LogP contribution in [0.15, 0.2) is 95.2 Å². The highest BCUT2D eigenvalue weighted by Crippen LogP contribution is 2.49. The van der Waals surface area contributed by atoms with E-state index in [-0.39, 0.29) is 36.8 Å². The maximum Gasteiger partial charge on any atom is 0.268 e. The Morgan fingerprint density at radius 3 is 1.44 bits per heavy atom. The lowest BCUT2D eigenvalue weighted by molar-refractivity contribution is 0.0972. The van der Waals surface area contributed by atoms with Gasteiger partial charge in [0.25, 0.3) is 31.9 Å². The van der Waals surface area contributed by atoms with Gasteiger partial charge >= 0.3 is 0 Å². The number of nitrogens with zero attached hydrogens (tertiary/aromatic N) is 10. The first-order chi connectivity index (χ1) is 41.6. The van der Waals surface area contributed by atoms with Gasteiger partial charge in [-0.25, -0.2) is 55.6 Å². The van der Waals surface area contributed by atoms with Crippen LogP contribution in [0.4, 0.5) is 11.6 Å². The molecule has 6 aromatic rings. The molecule has 3 aliphatic carbocycles. The number of aromatic nitrogens is 8. The highest BCUT2D eigenvalue weighted by atomic mass is 35.5. The van der Waals surface area contributed by atoms with E-state index in [1.807, 2.05) is 23.9 Å². The molecule has 0 spiro atoms. The fraction of sp³-hybridized carbons (Fsp3) is 0.556. The zero-order valence-electron chi connectivity index (χ0n) is 51.9. The third kappa shape index (κ3) is 18.4. The molecule has 4 fully saturated rings. The number of amides is 2. The third-order valence-electron chi connectivity index (χ3n) is 17.6. The largest absolute Gasteiger partial charge is 0.477 e. The molecule has 0 radical (unpaired) electrons. The first-order valence-electron chi connectivity index (χ1n) is 30.6. The summed E-state index contributed by atoms with van der Waals surface area (Å²) < 4.78 is 70.4. The van der Waals surface area contributed by atoms with Crippen LogP contribution in [0.1, 0.15) is 165 Å². The maximum absolute atomic E-state index is 13.0. The van der Waals surface area contributed by atoms with Crippen molar-refractivity contribution in [3.8, 4) is 23.4 Å². The molecule has 88 heavy (non-hydrogen) atoms. The topological polar surface area (TPSA) is 251 Å². The van der Waals surface area contributed by atoms with E-state index in [9.17, 15) is 26.4 Å². The molecule has 1 saturated heterocycles. The summed E-state index contributed by atoms with van der Waals surface area (Å²) in [6.45, 7) is 17.6. The van der Waals surface area contributed by atoms with E-state index < -0.39 is 31.9 Å². The third-order valence-corrected chi connectivity index (χ3v) is 20.8. The average molecular weight is 1290 g/mol. The minimum Gasteiger partial charge on any atom is -0.477 e. The van der Waals surface area contributed by atoms with Crippen molar-refractivity contribution in [1.29, 1.82) is 0 Å². The molecule has 2 unspecified atom stereocenters. The van der Waals surface area contributed by atoms with Gasteiger partial charge in [0, 0.05) is 69.6 Å². The molecule has 21 nitrogen and oxygen atoms in total. The normalized spacial score (nSPS) is 18.6. The predicted octanol–water partition coefficient (Wildman–Crippen LogP) is 11.4. The van der Waals surface area contributed by atoms with Crippen LogP contribution < -0.4 is 34.0 Å². The summed E-state index contributed by atoms with van der Waals surface area (Å²) in [4.78, 5) is 46.7. The van der Waals surface area contributed by atoms with E-state index in [0.29, 0.717) is 70.4 Å². The number of rotatable bonds is 28. The molecule has 3 saturated carbocycles. The molecule has 476 valence electrons. The van der Waals surface area contributed by atoms with Crippen molar-refractivity contribution < 1.29 is 35.9 Å². The molecule has 6 aromatic heterocycles. The van der Waals surface area contributed by atoms with E-state index >= 15 is 0 Å². The summed E-state index contributed by atoms with van der Waals surface area (Å²) in [6.07, 6.45) is 24.7. The average Bonchev–Trinajstić information content (AvgIpc) is 1.93. The molecule has 0 bridgehead atoms. The van der Waals surface area contributed by atoms with Crippen molar-refractivity contribution in [3.63, 3.8) is 0 Å². The smallest absolute Gasteiger partial charge is 0.268 e. The molecular weight excluding hydrogens is 1200 g/mol. The fourth-order valence-corrected chi connectivity index (χ4v) is 13.6. The summed E-state index contributed by atoms with van der Waals surface area (Å²) in [6, 6.07) is 15.5. The van der Waals surface area contributed by atoms with Crippen molar-refractivity contribution in [2.75, 3.05) is 56.7 Å². The summed E-state index contributed by atoms with van der Waals surface area (Å²) in [7, 11) is -4.49. The molecule has 3 N–H and O–H groups in total. The first-order valence-corrected chi connectivity index (χ1v) is 34.3. The number of sulfonamides is 2. The van der Waals surface area contributed by atoms with Crippen LogP contribution in [0.2, 0.25) is 10.3 Å². The Hall–Kier alpha value is -6.40. The van der Waals surface area contributed by atoms with Crippen LogP contribution in [0.25, 0.3) is 11.6 Å². The van der Waals surface area contributed by atoms with Crippen molar-refractivity contribution in [3.05, 3.63) is 107 Å². The number of unbranched alkanes of at least 4 members (excludes halogenated alkanes) is 2. The number of ether oxygens (including phenoxy) is 2. The minimum absolute atomic E-state index is 0.0780. The van der Waals surface area contributed by atoms with Crippen LogP contribution in [0.3, 0.4) is 0 Å². The zero-order valence-corrected chi connectivity index (χ0v) is 55.0. The van der Waals surface area contributed by atoms with Crippen molar-refractivity contribution >= 4 is 66.7 Å². The molecule has 0 aromatic carbocycles. The first kappa shape index (κ1) is 66.0. The van der Waals surface area contributed by atoms with Gasteiger partial charge in [-0.05, 0) is 180 Å². The lowest BCUT2D eigenvalue weighted by Crippen LogP contribution is -2.31. The Morgan fingerprint density at radius 1 is 0.614 bits per heavy atom. The second-order valence-electron chi connectivity index (χ2n) is 26.5. The van der Waals surface area contributed by atoms with Gasteiger partial charge < -0.3 is 24.6 Å². The highest BCUT2D eigenvalue weighted by molar-refractivity contribution is 7.90. The Kier molecular flexibility index (Phi) is 20.8. The molecule has 1 aliphatic heterocycles. The van der Waals surface area contributed by atoms with Gasteiger partial charge in [0.15, 0.2) is 11.6 Å². The minimum atomic E-state index is -4.19. The molecular formula is C63H85Cl2N13O8S2. The van der Waals surface area contributed by atoms with Crippen molar-refractivity contribution in [1.82, 2.24) is 54.3 Å². The number of hydrogen-bond donors (Lipinski definition) is 3. The number of pyridine rings is 4. The highest BCUT2D eigenvalue weighted by Gasteiger charge is 2.38. The number of nitrogens with one attached hydrogen (secondary N) is 3. The van der Waals surface area contributed by atoms with Gasteiger partial charge in [-0.3, -0.25) is 9.59 Å². The van der Waals surface area contributed by atoms with Crippen LogP contribution >= 0.6 is 23.2 Å². The second-order valence-corrected chi connectivity index (χ2v) is 30.6. The lowest BCUT2D eigenvalue weighted by Gasteiger charge is -2.19. The van der Waals surface area contributed by atoms with E-state index in [4.69, 9.17) is 32.7 Å². The van der Waals surface area contributed by atoms with Gasteiger partial charge in [0.05, 0.1) is 24.3 Å². The van der Waals surface area contributed by atoms with Crippen LogP contribution in [0, 0.1) is 28.1 Å². The summed E-state index contributed by atoms with van der Waals surface area (Å²) in [5.41, 5.74) is 1.34. The van der Waals surface area contributed by atoms with Gasteiger partial charge in [-0.2, -0.15) is 0 Å². The number of halogens is 2.